The first-order valence-corrected chi connectivity index (χ1v) is 5.31. The van der Waals surface area contributed by atoms with E-state index < -0.39 is 0 Å². The Morgan fingerprint density at radius 3 is 2.65 bits per heavy atom. The molecular weight excluding hydrogens is 214 g/mol. The van der Waals surface area contributed by atoms with E-state index >= 15 is 0 Å². The average Bonchev–Trinajstić information content (AvgIpc) is 2.34. The van der Waals surface area contributed by atoms with Crippen molar-refractivity contribution >= 4 is 25.1 Å². The third kappa shape index (κ3) is 6.19. The molecule has 0 heterocycles. The minimum Gasteiger partial charge on any atom is -0.373 e. The van der Waals surface area contributed by atoms with Crippen LogP contribution in [-0.4, -0.2) is 32.2 Å². The maximum Gasteiger partial charge on any atom is 0.130 e. The Kier molecular flexibility index (Phi) is 8.10. The third-order valence-corrected chi connectivity index (χ3v) is 1.85. The second-order valence-corrected chi connectivity index (χ2v) is 3.14. The first kappa shape index (κ1) is 15.0. The number of allylic oxidation sites excluding steroid dienone is 1. The summed E-state index contributed by atoms with van der Waals surface area (Å²) in [5, 5.41) is 9.84. The molecule has 0 rings (SSSR count). The Labute approximate surface area is 102 Å². The number of nitrogens with one attached hydrogen (secondary N) is 2. The van der Waals surface area contributed by atoms with E-state index in [0.717, 1.165) is 18.3 Å². The van der Waals surface area contributed by atoms with Crippen molar-refractivity contribution in [3.05, 3.63) is 23.5 Å². The van der Waals surface area contributed by atoms with E-state index in [1.807, 2.05) is 13.8 Å². The van der Waals surface area contributed by atoms with Crippen molar-refractivity contribution in [2.45, 2.75) is 20.3 Å². The molecule has 0 aliphatic heterocycles. The minimum atomic E-state index is 0.619. The van der Waals surface area contributed by atoms with Crippen LogP contribution in [0.1, 0.15) is 20.3 Å². The van der Waals surface area contributed by atoms with Crippen molar-refractivity contribution in [1.29, 1.82) is 5.41 Å². The Morgan fingerprint density at radius 1 is 1.47 bits per heavy atom. The molecule has 0 fully saturated rings. The van der Waals surface area contributed by atoms with E-state index in [4.69, 9.17) is 5.41 Å². The lowest BCUT2D eigenvalue weighted by atomic mass is 10.2. The topological polar surface area (TPSA) is 73.0 Å². The number of aliphatic imine (C=N–C) groups is 3. The standard InChI is InChI=1S/C12H19N5/c1-5-6-16-8-11(14-3)7-10(2)12(15-4)17-9-13/h6-9H,3,5H2,1-2,4H3,(H2,13,15,17)/b10-7+,11-8-,16-6+. The molecular formula is C12H19N5. The van der Waals surface area contributed by atoms with Crippen LogP contribution in [0.2, 0.25) is 0 Å². The van der Waals surface area contributed by atoms with Gasteiger partial charge in [-0.25, -0.2) is 4.99 Å². The Morgan fingerprint density at radius 2 is 2.18 bits per heavy atom. The molecule has 0 bridgehead atoms. The van der Waals surface area contributed by atoms with Crippen molar-refractivity contribution in [3.63, 3.8) is 0 Å². The highest BCUT2D eigenvalue weighted by molar-refractivity contribution is 6.01. The smallest absolute Gasteiger partial charge is 0.130 e. The molecule has 0 aliphatic rings. The van der Waals surface area contributed by atoms with E-state index in [1.54, 1.807) is 25.5 Å². The molecule has 0 unspecified atom stereocenters. The van der Waals surface area contributed by atoms with Crippen LogP contribution >= 0.6 is 0 Å². The van der Waals surface area contributed by atoms with Crippen LogP contribution < -0.4 is 5.32 Å². The second kappa shape index (κ2) is 9.21. The van der Waals surface area contributed by atoms with E-state index in [0.29, 0.717) is 11.5 Å². The Hall–Kier alpha value is -2.04. The second-order valence-electron chi connectivity index (χ2n) is 3.14. The molecule has 0 spiro atoms. The summed E-state index contributed by atoms with van der Waals surface area (Å²) in [6.45, 7) is 7.37. The van der Waals surface area contributed by atoms with Gasteiger partial charge >= 0.3 is 0 Å². The van der Waals surface area contributed by atoms with Gasteiger partial charge in [0.1, 0.15) is 12.2 Å². The fourth-order valence-corrected chi connectivity index (χ4v) is 1.08. The largest absolute Gasteiger partial charge is 0.373 e. The summed E-state index contributed by atoms with van der Waals surface area (Å²) in [6, 6.07) is 0. The zero-order chi connectivity index (χ0) is 13.1. The van der Waals surface area contributed by atoms with Gasteiger partial charge in [-0.3, -0.25) is 15.4 Å². The van der Waals surface area contributed by atoms with Gasteiger partial charge in [0.05, 0.1) is 11.9 Å². The molecule has 0 aromatic carbocycles. The molecule has 0 saturated carbocycles. The molecule has 92 valence electrons. The number of nitrogens with zero attached hydrogens (tertiary/aromatic N) is 3. The van der Waals surface area contributed by atoms with Crippen molar-refractivity contribution in [3.8, 4) is 0 Å². The van der Waals surface area contributed by atoms with Crippen LogP contribution in [0, 0.1) is 5.41 Å². The van der Waals surface area contributed by atoms with E-state index in [1.165, 1.54) is 0 Å². The van der Waals surface area contributed by atoms with Crippen molar-refractivity contribution in [2.24, 2.45) is 15.0 Å². The number of hydrogen-bond acceptors (Lipinski definition) is 3. The molecule has 2 N–H and O–H groups in total. The summed E-state index contributed by atoms with van der Waals surface area (Å²) in [4.78, 5) is 11.8. The predicted octanol–water partition coefficient (Wildman–Crippen LogP) is 2.18. The first-order valence-electron chi connectivity index (χ1n) is 5.31. The normalized spacial score (nSPS) is 13.9. The van der Waals surface area contributed by atoms with Crippen molar-refractivity contribution in [1.82, 2.24) is 5.32 Å². The first-order chi connectivity index (χ1) is 8.19. The van der Waals surface area contributed by atoms with Crippen LogP contribution in [0.4, 0.5) is 0 Å². The molecule has 0 aliphatic carbocycles. The molecule has 0 aromatic rings. The van der Waals surface area contributed by atoms with Gasteiger partial charge in [0, 0.05) is 13.3 Å². The summed E-state index contributed by atoms with van der Waals surface area (Å²) >= 11 is 0. The molecule has 0 amide bonds. The monoisotopic (exact) mass is 233 g/mol. The fourth-order valence-electron chi connectivity index (χ4n) is 1.08. The lowest BCUT2D eigenvalue weighted by Crippen LogP contribution is -2.19. The Bertz CT molecular complexity index is 374. The zero-order valence-corrected chi connectivity index (χ0v) is 10.6. The Balaban J connectivity index is 5.01. The highest BCUT2D eigenvalue weighted by atomic mass is 15.0. The minimum absolute atomic E-state index is 0.619. The number of amidine groups is 1. The number of likely N-dealkylation sites (N-methyl/N-ethyl adjacent to an activating group) is 1. The summed E-state index contributed by atoms with van der Waals surface area (Å²) < 4.78 is 0. The van der Waals surface area contributed by atoms with Gasteiger partial charge in [-0.15, -0.1) is 0 Å². The molecule has 17 heavy (non-hydrogen) atoms. The van der Waals surface area contributed by atoms with Crippen LogP contribution in [0.5, 0.6) is 0 Å². The van der Waals surface area contributed by atoms with E-state index in [9.17, 15) is 0 Å². The molecule has 0 radical (unpaired) electrons. The van der Waals surface area contributed by atoms with E-state index in [2.05, 4.69) is 27.0 Å². The van der Waals surface area contributed by atoms with Gasteiger partial charge in [-0.05, 0) is 31.7 Å². The number of hydrogen-bond donors (Lipinski definition) is 2. The maximum absolute atomic E-state index is 6.94. The van der Waals surface area contributed by atoms with Gasteiger partial charge in [-0.1, -0.05) is 6.92 Å². The summed E-state index contributed by atoms with van der Waals surface area (Å²) in [5.74, 6) is 0.619. The van der Waals surface area contributed by atoms with Gasteiger partial charge < -0.3 is 5.32 Å². The number of rotatable bonds is 6. The maximum atomic E-state index is 6.94. The van der Waals surface area contributed by atoms with Crippen LogP contribution in [0.3, 0.4) is 0 Å². The highest BCUT2D eigenvalue weighted by Crippen LogP contribution is 2.04. The SMILES string of the molecule is C=NC(=C\N=C\CC)/C=C(C)/C(=N\C=N)NC. The van der Waals surface area contributed by atoms with Crippen molar-refractivity contribution in [2.75, 3.05) is 7.05 Å². The van der Waals surface area contributed by atoms with Crippen LogP contribution in [0.15, 0.2) is 38.5 Å². The van der Waals surface area contributed by atoms with Crippen molar-refractivity contribution < 1.29 is 0 Å². The van der Waals surface area contributed by atoms with Crippen LogP contribution in [-0.2, 0) is 0 Å². The quantitative estimate of drug-likeness (QED) is 0.412. The molecule has 0 atom stereocenters. The third-order valence-electron chi connectivity index (χ3n) is 1.85. The van der Waals surface area contributed by atoms with E-state index in [-0.39, 0.29) is 0 Å². The lowest BCUT2D eigenvalue weighted by Gasteiger charge is -2.04. The molecule has 0 saturated heterocycles. The lowest BCUT2D eigenvalue weighted by molar-refractivity contribution is 1.15. The molecule has 0 aromatic heterocycles. The molecule has 5 nitrogen and oxygen atoms in total. The van der Waals surface area contributed by atoms with Gasteiger partial charge in [0.15, 0.2) is 0 Å². The van der Waals surface area contributed by atoms with Gasteiger partial charge in [0.25, 0.3) is 0 Å². The van der Waals surface area contributed by atoms with Crippen LogP contribution in [0.25, 0.3) is 0 Å². The summed E-state index contributed by atoms with van der Waals surface area (Å²) in [6.07, 6.45) is 7.10. The summed E-state index contributed by atoms with van der Waals surface area (Å²) in [5.41, 5.74) is 1.52. The molecule has 5 heteroatoms. The van der Waals surface area contributed by atoms with Gasteiger partial charge in [0.2, 0.25) is 0 Å². The average molecular weight is 233 g/mol. The fraction of sp³-hybridized carbons (Fsp3) is 0.333. The summed E-state index contributed by atoms with van der Waals surface area (Å²) in [7, 11) is 1.75. The zero-order valence-electron chi connectivity index (χ0n) is 10.6. The van der Waals surface area contributed by atoms with Gasteiger partial charge in [-0.2, -0.15) is 0 Å². The highest BCUT2D eigenvalue weighted by Gasteiger charge is 1.99. The predicted molar refractivity (Wildman–Crippen MR) is 75.5 cm³/mol.